The first kappa shape index (κ1) is 38.9. The lowest BCUT2D eigenvalue weighted by Crippen LogP contribution is -2.35. The normalized spacial score (nSPS) is 13.1. The van der Waals surface area contributed by atoms with E-state index in [9.17, 15) is 23.4 Å². The highest BCUT2D eigenvalue weighted by atomic mass is 32.2. The number of aliphatic hydroxyl groups excluding tert-OH is 1. The summed E-state index contributed by atoms with van der Waals surface area (Å²) in [6.45, 7) is 6.94. The van der Waals surface area contributed by atoms with E-state index in [-0.39, 0.29) is 24.8 Å². The van der Waals surface area contributed by atoms with Gasteiger partial charge in [0, 0.05) is 19.0 Å². The van der Waals surface area contributed by atoms with Gasteiger partial charge in [0.15, 0.2) is 6.10 Å². The minimum absolute atomic E-state index is 0.250. The highest BCUT2D eigenvalue weighted by molar-refractivity contribution is 7.92. The van der Waals surface area contributed by atoms with E-state index in [0.29, 0.717) is 36.0 Å². The van der Waals surface area contributed by atoms with Crippen LogP contribution in [-0.4, -0.2) is 56.2 Å². The minimum Gasteiger partial charge on any atom is -0.492 e. The molecule has 11 heteroatoms. The SMILES string of the molecule is Cc1cc(OCCN[C@@H](C)[C@H](O)c2ccc(OCc3ccccc3)c(NS(C)(=O)=O)c2)cc(C)c1-c1ccc(OC(Cc2ccccc2)C(=O)O)cc1. The fraction of sp³-hybridized carbons (Fsp3) is 0.262. The largest absolute Gasteiger partial charge is 0.492 e. The predicted octanol–water partition coefficient (Wildman–Crippen LogP) is 7.09. The molecule has 5 aromatic rings. The summed E-state index contributed by atoms with van der Waals surface area (Å²) in [6.07, 6.45) is -0.604. The van der Waals surface area contributed by atoms with Crippen molar-refractivity contribution >= 4 is 21.7 Å². The van der Waals surface area contributed by atoms with Crippen molar-refractivity contribution in [3.63, 3.8) is 0 Å². The molecule has 0 radical (unpaired) electrons. The van der Waals surface area contributed by atoms with Gasteiger partial charge >= 0.3 is 5.97 Å². The van der Waals surface area contributed by atoms with Crippen molar-refractivity contribution in [1.29, 1.82) is 0 Å². The maximum Gasteiger partial charge on any atom is 0.345 e. The van der Waals surface area contributed by atoms with Crippen LogP contribution in [0.15, 0.2) is 115 Å². The Morgan fingerprint density at radius 2 is 1.42 bits per heavy atom. The van der Waals surface area contributed by atoms with Gasteiger partial charge in [-0.1, -0.05) is 78.9 Å². The molecule has 0 fully saturated rings. The van der Waals surface area contributed by atoms with Crippen molar-refractivity contribution in [2.45, 2.75) is 52.0 Å². The quantitative estimate of drug-likeness (QED) is 0.0694. The Kier molecular flexibility index (Phi) is 13.1. The van der Waals surface area contributed by atoms with Crippen LogP contribution in [0.3, 0.4) is 0 Å². The van der Waals surface area contributed by atoms with Gasteiger partial charge < -0.3 is 29.7 Å². The average Bonchev–Trinajstić information content (AvgIpc) is 3.12. The number of aliphatic carboxylic acids is 1. The maximum absolute atomic E-state index is 12.1. The first-order chi connectivity index (χ1) is 25.4. The van der Waals surface area contributed by atoms with Crippen molar-refractivity contribution in [3.8, 4) is 28.4 Å². The smallest absolute Gasteiger partial charge is 0.345 e. The number of aliphatic hydroxyl groups is 1. The Bertz CT molecular complexity index is 2050. The van der Waals surface area contributed by atoms with E-state index in [0.717, 1.165) is 39.6 Å². The van der Waals surface area contributed by atoms with Gasteiger partial charge in [0.2, 0.25) is 10.0 Å². The second kappa shape index (κ2) is 17.9. The van der Waals surface area contributed by atoms with Crippen molar-refractivity contribution < 1.29 is 37.6 Å². The molecule has 5 aromatic carbocycles. The summed E-state index contributed by atoms with van der Waals surface area (Å²) in [5.41, 5.74) is 6.68. The molecule has 5 rings (SSSR count). The summed E-state index contributed by atoms with van der Waals surface area (Å²) in [6, 6.07) is 34.9. The molecule has 0 saturated carbocycles. The fourth-order valence-corrected chi connectivity index (χ4v) is 6.62. The summed E-state index contributed by atoms with van der Waals surface area (Å²) in [7, 11) is -3.60. The second-order valence-corrected chi connectivity index (χ2v) is 14.8. The van der Waals surface area contributed by atoms with Crippen LogP contribution in [0.4, 0.5) is 5.69 Å². The maximum atomic E-state index is 12.1. The Morgan fingerprint density at radius 3 is 2.02 bits per heavy atom. The third kappa shape index (κ3) is 11.3. The van der Waals surface area contributed by atoms with Gasteiger partial charge in [0.05, 0.1) is 18.0 Å². The molecular weight excluding hydrogens is 693 g/mol. The Balaban J connectivity index is 1.15. The fourth-order valence-electron chi connectivity index (χ4n) is 6.06. The molecule has 4 N–H and O–H groups in total. The monoisotopic (exact) mass is 738 g/mol. The molecule has 0 spiro atoms. The van der Waals surface area contributed by atoms with E-state index in [1.54, 1.807) is 30.3 Å². The lowest BCUT2D eigenvalue weighted by atomic mass is 9.95. The number of carboxylic acids is 1. The van der Waals surface area contributed by atoms with Gasteiger partial charge in [-0.15, -0.1) is 0 Å². The first-order valence-corrected chi connectivity index (χ1v) is 19.2. The van der Waals surface area contributed by atoms with Crippen LogP contribution >= 0.6 is 0 Å². The lowest BCUT2D eigenvalue weighted by Gasteiger charge is -2.22. The van der Waals surface area contributed by atoms with Crippen LogP contribution in [0, 0.1) is 13.8 Å². The number of hydrogen-bond acceptors (Lipinski definition) is 8. The van der Waals surface area contributed by atoms with Crippen LogP contribution in [0.25, 0.3) is 11.1 Å². The molecule has 0 aliphatic carbocycles. The molecule has 0 heterocycles. The van der Waals surface area contributed by atoms with Crippen LogP contribution in [0.1, 0.15) is 40.8 Å². The Morgan fingerprint density at radius 1 is 0.792 bits per heavy atom. The molecule has 0 saturated heterocycles. The summed E-state index contributed by atoms with van der Waals surface area (Å²) in [5, 5.41) is 24.1. The van der Waals surface area contributed by atoms with Crippen molar-refractivity contribution in [1.82, 2.24) is 5.32 Å². The Hall–Kier alpha value is -5.36. The van der Waals surface area contributed by atoms with Crippen LogP contribution in [0.2, 0.25) is 0 Å². The number of nitrogens with one attached hydrogen (secondary N) is 2. The number of sulfonamides is 1. The molecular formula is C42H46N2O8S. The second-order valence-electron chi connectivity index (χ2n) is 13.0. The molecule has 53 heavy (non-hydrogen) atoms. The molecule has 0 amide bonds. The average molecular weight is 739 g/mol. The Labute approximate surface area is 311 Å². The highest BCUT2D eigenvalue weighted by Crippen LogP contribution is 2.33. The van der Waals surface area contributed by atoms with Crippen molar-refractivity contribution in [3.05, 3.63) is 143 Å². The van der Waals surface area contributed by atoms with E-state index in [1.165, 1.54) is 0 Å². The van der Waals surface area contributed by atoms with E-state index in [2.05, 4.69) is 10.0 Å². The predicted molar refractivity (Wildman–Crippen MR) is 207 cm³/mol. The summed E-state index contributed by atoms with van der Waals surface area (Å²) >= 11 is 0. The van der Waals surface area contributed by atoms with Crippen LogP contribution in [0.5, 0.6) is 17.2 Å². The summed E-state index contributed by atoms with van der Waals surface area (Å²) in [4.78, 5) is 11.9. The molecule has 10 nitrogen and oxygen atoms in total. The van der Waals surface area contributed by atoms with Crippen molar-refractivity contribution in [2.75, 3.05) is 24.1 Å². The van der Waals surface area contributed by atoms with Crippen LogP contribution < -0.4 is 24.2 Å². The van der Waals surface area contributed by atoms with Gasteiger partial charge in [0.1, 0.15) is 30.5 Å². The number of benzene rings is 5. The van der Waals surface area contributed by atoms with Gasteiger partial charge in [0.25, 0.3) is 0 Å². The number of aryl methyl sites for hydroxylation is 2. The van der Waals surface area contributed by atoms with E-state index in [4.69, 9.17) is 14.2 Å². The molecule has 0 aliphatic heterocycles. The molecule has 0 aliphatic rings. The van der Waals surface area contributed by atoms with Gasteiger partial charge in [-0.2, -0.15) is 0 Å². The topological polar surface area (TPSA) is 143 Å². The summed E-state index contributed by atoms with van der Waals surface area (Å²) < 4.78 is 44.5. The number of carbonyl (C=O) groups is 1. The molecule has 1 unspecified atom stereocenters. The van der Waals surface area contributed by atoms with E-state index >= 15 is 0 Å². The highest BCUT2D eigenvalue weighted by Gasteiger charge is 2.21. The zero-order chi connectivity index (χ0) is 38.0. The number of ether oxygens (including phenoxy) is 3. The standard InChI is InChI=1S/C42H46N2O8S/c1-28-23-36(24-29(2)40(28)33-15-18-35(19-16-33)52-39(42(46)47)25-31-11-7-5-8-12-31)50-22-21-43-30(3)41(45)34-17-20-38(37(26-34)44-53(4,48)49)51-27-32-13-9-6-10-14-32/h5-20,23-24,26,30,39,41,43-45H,21-22,25,27H2,1-4H3,(H,46,47)/t30-,39?,41-/m0/s1. The third-order valence-corrected chi connectivity index (χ3v) is 9.25. The van der Waals surface area contributed by atoms with Gasteiger partial charge in [-0.25, -0.2) is 13.2 Å². The van der Waals surface area contributed by atoms with E-state index in [1.807, 2.05) is 106 Å². The lowest BCUT2D eigenvalue weighted by molar-refractivity contribution is -0.145. The summed E-state index contributed by atoms with van der Waals surface area (Å²) in [5.74, 6) is 0.534. The number of carboxylic acid groups (broad SMARTS) is 1. The number of hydrogen-bond donors (Lipinski definition) is 4. The molecule has 278 valence electrons. The number of rotatable bonds is 18. The van der Waals surface area contributed by atoms with E-state index < -0.39 is 28.2 Å². The molecule has 0 aromatic heterocycles. The number of anilines is 1. The van der Waals surface area contributed by atoms with Crippen molar-refractivity contribution in [2.24, 2.45) is 0 Å². The minimum atomic E-state index is -3.60. The van der Waals surface area contributed by atoms with Crippen LogP contribution in [-0.2, 0) is 27.8 Å². The third-order valence-electron chi connectivity index (χ3n) is 8.66. The van der Waals surface area contributed by atoms with Gasteiger partial charge in [-0.05, 0) is 96.1 Å². The molecule has 3 atom stereocenters. The zero-order valence-electron chi connectivity index (χ0n) is 30.3. The van der Waals surface area contributed by atoms with Gasteiger partial charge in [-0.3, -0.25) is 4.72 Å². The first-order valence-electron chi connectivity index (χ1n) is 17.3. The molecule has 0 bridgehead atoms. The zero-order valence-corrected chi connectivity index (χ0v) is 31.1.